The van der Waals surface area contributed by atoms with Crippen molar-refractivity contribution in [3.05, 3.63) is 119 Å². The zero-order valence-electron chi connectivity index (χ0n) is 23.7. The quantitative estimate of drug-likeness (QED) is 0.172. The normalized spacial score (nSPS) is 11.0. The number of ether oxygens (including phenoxy) is 2. The summed E-state index contributed by atoms with van der Waals surface area (Å²) in [6, 6.07) is 27.4. The largest absolute Gasteiger partial charge is 0.507 e. The summed E-state index contributed by atoms with van der Waals surface area (Å²) in [5.41, 5.74) is 7.86. The number of methoxy groups -OCH3 is 2. The molecule has 4 aromatic carbocycles. The summed E-state index contributed by atoms with van der Waals surface area (Å²) in [5, 5.41) is 27.5. The second kappa shape index (κ2) is 15.2. The third-order valence-corrected chi connectivity index (χ3v) is 5.94. The first kappa shape index (κ1) is 30.9. The molecule has 0 spiro atoms. The Labute approximate surface area is 243 Å². The van der Waals surface area contributed by atoms with Gasteiger partial charge >= 0.3 is 0 Å². The second-order valence-corrected chi connectivity index (χ2v) is 8.71. The average Bonchev–Trinajstić information content (AvgIpc) is 3.02. The van der Waals surface area contributed by atoms with Crippen LogP contribution < -0.4 is 20.3 Å². The third-order valence-electron chi connectivity index (χ3n) is 5.94. The lowest BCUT2D eigenvalue weighted by Gasteiger charge is -2.07. The van der Waals surface area contributed by atoms with Crippen LogP contribution in [0.1, 0.15) is 45.7 Å². The average molecular weight is 569 g/mol. The number of amides is 2. The fraction of sp³-hybridized carbons (Fsp3) is 0.125. The van der Waals surface area contributed by atoms with E-state index in [4.69, 9.17) is 9.47 Å². The van der Waals surface area contributed by atoms with Crippen LogP contribution in [-0.4, -0.2) is 47.7 Å². The predicted molar refractivity (Wildman–Crippen MR) is 162 cm³/mol. The molecule has 42 heavy (non-hydrogen) atoms. The molecule has 4 aromatic rings. The number of carbonyl (C=O) groups excluding carboxylic acids is 2. The molecule has 0 saturated carbocycles. The fourth-order valence-electron chi connectivity index (χ4n) is 3.73. The van der Waals surface area contributed by atoms with Crippen LogP contribution in [0.4, 0.5) is 0 Å². The lowest BCUT2D eigenvalue weighted by molar-refractivity contribution is 0.0943. The molecule has 4 N–H and O–H groups in total. The summed E-state index contributed by atoms with van der Waals surface area (Å²) in [7, 11) is 3.01. The molecular weight excluding hydrogens is 536 g/mol. The summed E-state index contributed by atoms with van der Waals surface area (Å²) in [5.74, 6) is 0.441. The monoisotopic (exact) mass is 568 g/mol. The highest BCUT2D eigenvalue weighted by Gasteiger charge is 2.12. The summed E-state index contributed by atoms with van der Waals surface area (Å²) in [6.07, 6.45) is 0. The van der Waals surface area contributed by atoms with Gasteiger partial charge in [-0.25, -0.2) is 10.9 Å². The Kier molecular flexibility index (Phi) is 11.2. The van der Waals surface area contributed by atoms with Crippen molar-refractivity contribution in [3.8, 4) is 23.0 Å². The Morgan fingerprint density at radius 3 is 1.19 bits per heavy atom. The van der Waals surface area contributed by atoms with E-state index in [0.29, 0.717) is 45.2 Å². The van der Waals surface area contributed by atoms with Gasteiger partial charge in [-0.05, 0) is 62.4 Å². The molecule has 0 aliphatic rings. The lowest BCUT2D eigenvalue weighted by Crippen LogP contribution is -2.20. The maximum atomic E-state index is 12.1. The Bertz CT molecular complexity index is 1480. The Morgan fingerprint density at radius 1 is 0.548 bits per heavy atom. The van der Waals surface area contributed by atoms with Crippen molar-refractivity contribution in [1.29, 1.82) is 0 Å². The maximum absolute atomic E-state index is 12.1. The van der Waals surface area contributed by atoms with Crippen LogP contribution in [-0.2, 0) is 0 Å². The first-order valence-electron chi connectivity index (χ1n) is 12.8. The number of aromatic hydroxyl groups is 2. The third kappa shape index (κ3) is 8.18. The number of nitrogens with one attached hydrogen (secondary N) is 2. The number of hydrogen-bond acceptors (Lipinski definition) is 8. The van der Waals surface area contributed by atoms with Gasteiger partial charge in [-0.1, -0.05) is 48.5 Å². The topological polar surface area (TPSA) is 142 Å². The first-order chi connectivity index (χ1) is 20.3. The van der Waals surface area contributed by atoms with E-state index in [9.17, 15) is 19.8 Å². The van der Waals surface area contributed by atoms with Crippen LogP contribution in [0.3, 0.4) is 0 Å². The molecule has 0 aliphatic heterocycles. The number of rotatable bonds is 8. The molecule has 0 radical (unpaired) electrons. The number of nitrogens with zero attached hydrogens (tertiary/aromatic N) is 2. The number of carbonyl (C=O) groups is 2. The Hall–Kier alpha value is -5.64. The Balaban J connectivity index is 0.000000230. The standard InChI is InChI=1S/2C16H16N2O3/c2*1-11(12-7-3-5-9-14(12)19)17-18-16(20)13-8-4-6-10-15(13)21-2/h2*3-10,19H,1-2H3,(H,18,20)/b2*17-11+. The van der Waals surface area contributed by atoms with E-state index in [1.54, 1.807) is 111 Å². The number of hydrogen-bond donors (Lipinski definition) is 4. The molecule has 216 valence electrons. The molecule has 0 fully saturated rings. The molecule has 10 heteroatoms. The SMILES string of the molecule is COc1ccccc1C(=O)N/N=C(\C)c1ccccc1O.COc1ccccc1C(=O)N/N=C(\C)c1ccccc1O. The van der Waals surface area contributed by atoms with Gasteiger partial charge in [-0.3, -0.25) is 9.59 Å². The summed E-state index contributed by atoms with van der Waals surface area (Å²) < 4.78 is 10.3. The van der Waals surface area contributed by atoms with Crippen LogP contribution in [0.2, 0.25) is 0 Å². The summed E-state index contributed by atoms with van der Waals surface area (Å²) in [4.78, 5) is 24.2. The van der Waals surface area contributed by atoms with E-state index < -0.39 is 0 Å². The molecule has 4 rings (SSSR count). The number of para-hydroxylation sites is 4. The van der Waals surface area contributed by atoms with Gasteiger partial charge in [0.15, 0.2) is 0 Å². The fourth-order valence-corrected chi connectivity index (χ4v) is 3.73. The molecule has 0 bridgehead atoms. The van der Waals surface area contributed by atoms with E-state index in [-0.39, 0.29) is 23.3 Å². The van der Waals surface area contributed by atoms with Crippen molar-refractivity contribution < 1.29 is 29.3 Å². The minimum atomic E-state index is -0.373. The number of phenols is 2. The number of benzene rings is 4. The van der Waals surface area contributed by atoms with E-state index in [2.05, 4.69) is 21.1 Å². The van der Waals surface area contributed by atoms with Crippen LogP contribution in [0, 0.1) is 0 Å². The van der Waals surface area contributed by atoms with E-state index in [0.717, 1.165) is 0 Å². The van der Waals surface area contributed by atoms with Crippen LogP contribution >= 0.6 is 0 Å². The zero-order chi connectivity index (χ0) is 30.5. The predicted octanol–water partition coefficient (Wildman–Crippen LogP) is 5.11. The molecule has 0 aromatic heterocycles. The van der Waals surface area contributed by atoms with Gasteiger partial charge < -0.3 is 19.7 Å². The van der Waals surface area contributed by atoms with Crippen LogP contribution in [0.25, 0.3) is 0 Å². The van der Waals surface area contributed by atoms with Crippen molar-refractivity contribution in [2.45, 2.75) is 13.8 Å². The molecule has 0 saturated heterocycles. The minimum absolute atomic E-state index is 0.116. The summed E-state index contributed by atoms with van der Waals surface area (Å²) in [6.45, 7) is 3.41. The zero-order valence-corrected chi connectivity index (χ0v) is 23.7. The highest BCUT2D eigenvalue weighted by molar-refractivity contribution is 6.04. The maximum Gasteiger partial charge on any atom is 0.275 e. The van der Waals surface area contributed by atoms with Gasteiger partial charge in [0.1, 0.15) is 23.0 Å². The first-order valence-corrected chi connectivity index (χ1v) is 12.8. The molecule has 10 nitrogen and oxygen atoms in total. The number of phenolic OH excluding ortho intramolecular Hbond substituents is 2. The van der Waals surface area contributed by atoms with Gasteiger partial charge in [0.05, 0.1) is 36.8 Å². The van der Waals surface area contributed by atoms with E-state index in [1.165, 1.54) is 14.2 Å². The smallest absolute Gasteiger partial charge is 0.275 e. The molecular formula is C32H32N4O6. The van der Waals surface area contributed by atoms with Crippen molar-refractivity contribution in [2.75, 3.05) is 14.2 Å². The molecule has 0 unspecified atom stereocenters. The molecule has 0 atom stereocenters. The van der Waals surface area contributed by atoms with Gasteiger partial charge in [0.2, 0.25) is 0 Å². The lowest BCUT2D eigenvalue weighted by atomic mass is 10.1. The highest BCUT2D eigenvalue weighted by atomic mass is 16.5. The van der Waals surface area contributed by atoms with Crippen LogP contribution in [0.15, 0.2) is 107 Å². The van der Waals surface area contributed by atoms with Crippen molar-refractivity contribution in [1.82, 2.24) is 10.9 Å². The van der Waals surface area contributed by atoms with Crippen molar-refractivity contribution in [2.24, 2.45) is 10.2 Å². The second-order valence-electron chi connectivity index (χ2n) is 8.71. The van der Waals surface area contributed by atoms with Gasteiger partial charge in [0.25, 0.3) is 11.8 Å². The van der Waals surface area contributed by atoms with Gasteiger partial charge in [-0.15, -0.1) is 0 Å². The van der Waals surface area contributed by atoms with Crippen molar-refractivity contribution in [3.63, 3.8) is 0 Å². The highest BCUT2D eigenvalue weighted by Crippen LogP contribution is 2.20. The summed E-state index contributed by atoms with van der Waals surface area (Å²) >= 11 is 0. The number of hydrazone groups is 2. The Morgan fingerprint density at radius 2 is 0.857 bits per heavy atom. The van der Waals surface area contributed by atoms with Gasteiger partial charge in [-0.2, -0.15) is 10.2 Å². The molecule has 0 heterocycles. The van der Waals surface area contributed by atoms with E-state index in [1.807, 2.05) is 0 Å². The van der Waals surface area contributed by atoms with E-state index >= 15 is 0 Å². The van der Waals surface area contributed by atoms with Crippen molar-refractivity contribution >= 4 is 23.2 Å². The minimum Gasteiger partial charge on any atom is -0.507 e. The van der Waals surface area contributed by atoms with Crippen LogP contribution in [0.5, 0.6) is 23.0 Å². The van der Waals surface area contributed by atoms with Gasteiger partial charge in [0, 0.05) is 11.1 Å². The molecule has 2 amide bonds. The molecule has 0 aliphatic carbocycles.